The van der Waals surface area contributed by atoms with Crippen molar-refractivity contribution in [2.75, 3.05) is 13.1 Å². The molecule has 0 N–H and O–H groups in total. The SMILES string of the molecule is CCn1cc(CCC(=O)N2CC(C)CC(C)C2)c(C)n1. The van der Waals surface area contributed by atoms with E-state index in [0.29, 0.717) is 24.2 Å². The maximum atomic E-state index is 12.3. The Balaban J connectivity index is 1.89. The first-order valence-electron chi connectivity index (χ1n) is 7.80. The van der Waals surface area contributed by atoms with E-state index in [1.807, 2.05) is 11.6 Å². The first-order valence-corrected chi connectivity index (χ1v) is 7.80. The normalized spacial score (nSPS) is 23.1. The van der Waals surface area contributed by atoms with E-state index in [4.69, 9.17) is 0 Å². The first-order chi connectivity index (χ1) is 9.49. The molecule has 1 aliphatic rings. The predicted octanol–water partition coefficient (Wildman–Crippen LogP) is 2.65. The lowest BCUT2D eigenvalue weighted by Crippen LogP contribution is -2.42. The molecule has 2 heterocycles. The third-order valence-electron chi connectivity index (χ3n) is 4.20. The topological polar surface area (TPSA) is 38.1 Å². The standard InChI is InChI=1S/C16H27N3O/c1-5-19-11-15(14(4)17-19)6-7-16(20)18-9-12(2)8-13(3)10-18/h11-13H,5-10H2,1-4H3. The summed E-state index contributed by atoms with van der Waals surface area (Å²) >= 11 is 0. The van der Waals surface area contributed by atoms with Gasteiger partial charge in [0.2, 0.25) is 5.91 Å². The summed E-state index contributed by atoms with van der Waals surface area (Å²) < 4.78 is 1.94. The Morgan fingerprint density at radius 1 is 1.35 bits per heavy atom. The van der Waals surface area contributed by atoms with E-state index in [9.17, 15) is 4.79 Å². The van der Waals surface area contributed by atoms with Crippen molar-refractivity contribution in [1.82, 2.24) is 14.7 Å². The molecule has 112 valence electrons. The maximum absolute atomic E-state index is 12.3. The molecule has 0 bridgehead atoms. The molecule has 2 atom stereocenters. The van der Waals surface area contributed by atoms with Gasteiger partial charge in [0.25, 0.3) is 0 Å². The second kappa shape index (κ2) is 6.42. The molecule has 2 unspecified atom stereocenters. The molecule has 4 nitrogen and oxygen atoms in total. The van der Waals surface area contributed by atoms with Crippen LogP contribution in [0.5, 0.6) is 0 Å². The fourth-order valence-electron chi connectivity index (χ4n) is 3.23. The van der Waals surface area contributed by atoms with Crippen LogP contribution in [0, 0.1) is 18.8 Å². The molecule has 0 radical (unpaired) electrons. The summed E-state index contributed by atoms with van der Waals surface area (Å²) in [7, 11) is 0. The van der Waals surface area contributed by atoms with Crippen molar-refractivity contribution in [3.8, 4) is 0 Å². The number of nitrogens with zero attached hydrogens (tertiary/aromatic N) is 3. The smallest absolute Gasteiger partial charge is 0.222 e. The maximum Gasteiger partial charge on any atom is 0.222 e. The van der Waals surface area contributed by atoms with Crippen LogP contribution in [-0.2, 0) is 17.8 Å². The monoisotopic (exact) mass is 277 g/mol. The second-order valence-corrected chi connectivity index (χ2v) is 6.34. The summed E-state index contributed by atoms with van der Waals surface area (Å²) in [5.74, 6) is 1.56. The van der Waals surface area contributed by atoms with Crippen LogP contribution in [0.3, 0.4) is 0 Å². The lowest BCUT2D eigenvalue weighted by atomic mass is 9.91. The molecule has 1 aromatic rings. The van der Waals surface area contributed by atoms with Crippen LogP contribution in [0.4, 0.5) is 0 Å². The number of hydrogen-bond donors (Lipinski definition) is 0. The lowest BCUT2D eigenvalue weighted by Gasteiger charge is -2.35. The molecule has 0 saturated carbocycles. The van der Waals surface area contributed by atoms with Gasteiger partial charge in [0.05, 0.1) is 5.69 Å². The molecule has 1 aliphatic heterocycles. The molecule has 1 amide bonds. The molecule has 1 aromatic heterocycles. The fraction of sp³-hybridized carbons (Fsp3) is 0.750. The summed E-state index contributed by atoms with van der Waals surface area (Å²) in [6.07, 6.45) is 4.73. The number of piperidine rings is 1. The highest BCUT2D eigenvalue weighted by Gasteiger charge is 2.25. The Morgan fingerprint density at radius 2 is 2.00 bits per heavy atom. The summed E-state index contributed by atoms with van der Waals surface area (Å²) in [6, 6.07) is 0. The molecule has 1 fully saturated rings. The number of likely N-dealkylation sites (tertiary alicyclic amines) is 1. The summed E-state index contributed by atoms with van der Waals surface area (Å²) in [4.78, 5) is 14.4. The van der Waals surface area contributed by atoms with Crippen LogP contribution >= 0.6 is 0 Å². The number of rotatable bonds is 4. The van der Waals surface area contributed by atoms with Gasteiger partial charge in [0.1, 0.15) is 0 Å². The van der Waals surface area contributed by atoms with Gasteiger partial charge in [-0.25, -0.2) is 0 Å². The number of carbonyl (C=O) groups excluding carboxylic acids is 1. The molecular weight excluding hydrogens is 250 g/mol. The van der Waals surface area contributed by atoms with E-state index in [0.717, 1.165) is 31.7 Å². The number of carbonyl (C=O) groups is 1. The first kappa shape index (κ1) is 15.1. The quantitative estimate of drug-likeness (QED) is 0.848. The molecule has 1 saturated heterocycles. The minimum atomic E-state index is 0.298. The average molecular weight is 277 g/mol. The van der Waals surface area contributed by atoms with Gasteiger partial charge in [-0.15, -0.1) is 0 Å². The minimum Gasteiger partial charge on any atom is -0.342 e. The van der Waals surface area contributed by atoms with E-state index in [1.54, 1.807) is 0 Å². The number of hydrogen-bond acceptors (Lipinski definition) is 2. The third kappa shape index (κ3) is 3.62. The van der Waals surface area contributed by atoms with Gasteiger partial charge < -0.3 is 4.90 Å². The van der Waals surface area contributed by atoms with Gasteiger partial charge >= 0.3 is 0 Å². The van der Waals surface area contributed by atoms with E-state index in [2.05, 4.69) is 37.0 Å². The molecule has 0 aliphatic carbocycles. The zero-order chi connectivity index (χ0) is 14.7. The highest BCUT2D eigenvalue weighted by Crippen LogP contribution is 2.22. The zero-order valence-electron chi connectivity index (χ0n) is 13.2. The number of aryl methyl sites for hydroxylation is 3. The van der Waals surface area contributed by atoms with Gasteiger partial charge in [-0.2, -0.15) is 5.10 Å². The van der Waals surface area contributed by atoms with Crippen LogP contribution < -0.4 is 0 Å². The molecule has 4 heteroatoms. The predicted molar refractivity (Wildman–Crippen MR) is 80.5 cm³/mol. The van der Waals surface area contributed by atoms with Crippen LogP contribution in [-0.4, -0.2) is 33.7 Å². The molecule has 2 rings (SSSR count). The molecule has 0 aromatic carbocycles. The number of amides is 1. The highest BCUT2D eigenvalue weighted by molar-refractivity contribution is 5.76. The Labute approximate surface area is 122 Å². The molecular formula is C16H27N3O. The van der Waals surface area contributed by atoms with Gasteiger partial charge in [0.15, 0.2) is 0 Å². The molecule has 0 spiro atoms. The van der Waals surface area contributed by atoms with Crippen molar-refractivity contribution >= 4 is 5.91 Å². The van der Waals surface area contributed by atoms with Gasteiger partial charge in [0, 0.05) is 32.3 Å². The Morgan fingerprint density at radius 3 is 2.55 bits per heavy atom. The third-order valence-corrected chi connectivity index (χ3v) is 4.20. The number of aromatic nitrogens is 2. The van der Waals surface area contributed by atoms with Crippen molar-refractivity contribution in [3.05, 3.63) is 17.5 Å². The van der Waals surface area contributed by atoms with E-state index in [-0.39, 0.29) is 0 Å². The van der Waals surface area contributed by atoms with Crippen LogP contribution in [0.2, 0.25) is 0 Å². The summed E-state index contributed by atoms with van der Waals surface area (Å²) in [5.41, 5.74) is 2.26. The summed E-state index contributed by atoms with van der Waals surface area (Å²) in [6.45, 7) is 11.3. The van der Waals surface area contributed by atoms with Crippen LogP contribution in [0.15, 0.2) is 6.20 Å². The van der Waals surface area contributed by atoms with Crippen molar-refractivity contribution in [2.45, 2.75) is 53.5 Å². The van der Waals surface area contributed by atoms with Crippen LogP contribution in [0.1, 0.15) is 44.9 Å². The second-order valence-electron chi connectivity index (χ2n) is 6.34. The zero-order valence-corrected chi connectivity index (χ0v) is 13.2. The fourth-order valence-corrected chi connectivity index (χ4v) is 3.23. The Hall–Kier alpha value is -1.32. The van der Waals surface area contributed by atoms with Gasteiger partial charge in [-0.1, -0.05) is 13.8 Å². The van der Waals surface area contributed by atoms with Crippen LogP contribution in [0.25, 0.3) is 0 Å². The highest BCUT2D eigenvalue weighted by atomic mass is 16.2. The van der Waals surface area contributed by atoms with Gasteiger partial charge in [-0.05, 0) is 44.1 Å². The summed E-state index contributed by atoms with van der Waals surface area (Å²) in [5, 5.41) is 4.44. The molecule has 20 heavy (non-hydrogen) atoms. The average Bonchev–Trinajstić information content (AvgIpc) is 2.75. The van der Waals surface area contributed by atoms with Crippen molar-refractivity contribution in [2.24, 2.45) is 11.8 Å². The van der Waals surface area contributed by atoms with Crippen molar-refractivity contribution in [3.63, 3.8) is 0 Å². The van der Waals surface area contributed by atoms with Crippen molar-refractivity contribution < 1.29 is 4.79 Å². The Kier molecular flexibility index (Phi) is 4.84. The minimum absolute atomic E-state index is 0.298. The van der Waals surface area contributed by atoms with E-state index in [1.165, 1.54) is 12.0 Å². The largest absolute Gasteiger partial charge is 0.342 e. The Bertz CT molecular complexity index is 456. The van der Waals surface area contributed by atoms with E-state index < -0.39 is 0 Å². The van der Waals surface area contributed by atoms with E-state index >= 15 is 0 Å². The lowest BCUT2D eigenvalue weighted by molar-refractivity contribution is -0.133. The van der Waals surface area contributed by atoms with Gasteiger partial charge in [-0.3, -0.25) is 9.48 Å². The van der Waals surface area contributed by atoms with Crippen molar-refractivity contribution in [1.29, 1.82) is 0 Å².